The molecule has 1 aliphatic rings. The van der Waals surface area contributed by atoms with Gasteiger partial charge in [0.15, 0.2) is 0 Å². The molecule has 0 fully saturated rings. The zero-order valence-corrected chi connectivity index (χ0v) is 12.1. The number of carboxylic acid groups (broad SMARTS) is 1. The van der Waals surface area contributed by atoms with E-state index < -0.39 is 27.3 Å². The zero-order valence-electron chi connectivity index (χ0n) is 11.3. The van der Waals surface area contributed by atoms with Crippen molar-refractivity contribution in [1.82, 2.24) is 0 Å². The first-order valence-corrected chi connectivity index (χ1v) is 7.83. The van der Waals surface area contributed by atoms with Crippen LogP contribution in [0.5, 0.6) is 5.75 Å². The van der Waals surface area contributed by atoms with Crippen LogP contribution in [0.1, 0.15) is 24.0 Å². The SMILES string of the molecule is O=C(O)CC1CCc2cc(OS(=O)(=O)C(F)(F)F)ccc2C1. The number of carbonyl (C=O) groups is 1. The highest BCUT2D eigenvalue weighted by Gasteiger charge is 2.48. The van der Waals surface area contributed by atoms with E-state index in [1.165, 1.54) is 12.1 Å². The summed E-state index contributed by atoms with van der Waals surface area (Å²) in [6.45, 7) is 0. The Morgan fingerprint density at radius 2 is 2.00 bits per heavy atom. The van der Waals surface area contributed by atoms with E-state index in [-0.39, 0.29) is 12.3 Å². The molecule has 1 aromatic carbocycles. The first kappa shape index (κ1) is 16.6. The summed E-state index contributed by atoms with van der Waals surface area (Å²) in [7, 11) is -5.68. The summed E-state index contributed by atoms with van der Waals surface area (Å²) in [5, 5.41) is 8.77. The monoisotopic (exact) mass is 338 g/mol. The Bertz CT molecular complexity index is 681. The van der Waals surface area contributed by atoms with Gasteiger partial charge in [-0.2, -0.15) is 21.6 Å². The van der Waals surface area contributed by atoms with Crippen molar-refractivity contribution >= 4 is 16.1 Å². The average molecular weight is 338 g/mol. The summed E-state index contributed by atoms with van der Waals surface area (Å²) >= 11 is 0. The molecule has 1 aromatic rings. The lowest BCUT2D eigenvalue weighted by atomic mass is 9.82. The maximum absolute atomic E-state index is 12.3. The molecule has 0 saturated heterocycles. The third kappa shape index (κ3) is 3.70. The van der Waals surface area contributed by atoms with Gasteiger partial charge in [0.2, 0.25) is 0 Å². The van der Waals surface area contributed by atoms with Crippen molar-refractivity contribution in [3.05, 3.63) is 29.3 Å². The minimum absolute atomic E-state index is 0.0279. The topological polar surface area (TPSA) is 80.7 Å². The molecule has 1 N–H and O–H groups in total. The lowest BCUT2D eigenvalue weighted by molar-refractivity contribution is -0.138. The second-order valence-electron chi connectivity index (χ2n) is 5.12. The van der Waals surface area contributed by atoms with E-state index in [0.717, 1.165) is 11.6 Å². The number of halogens is 3. The van der Waals surface area contributed by atoms with E-state index >= 15 is 0 Å². The molecule has 1 unspecified atom stereocenters. The van der Waals surface area contributed by atoms with Gasteiger partial charge < -0.3 is 9.29 Å². The van der Waals surface area contributed by atoms with Crippen LogP contribution >= 0.6 is 0 Å². The molecule has 0 amide bonds. The summed E-state index contributed by atoms with van der Waals surface area (Å²) in [5.41, 5.74) is -4.00. The van der Waals surface area contributed by atoms with Gasteiger partial charge in [-0.05, 0) is 48.4 Å². The van der Waals surface area contributed by atoms with Crippen molar-refractivity contribution in [3.63, 3.8) is 0 Å². The molecule has 5 nitrogen and oxygen atoms in total. The minimum atomic E-state index is -5.68. The van der Waals surface area contributed by atoms with Crippen molar-refractivity contribution in [1.29, 1.82) is 0 Å². The van der Waals surface area contributed by atoms with Gasteiger partial charge in [-0.3, -0.25) is 4.79 Å². The Hall–Kier alpha value is -1.77. The number of benzene rings is 1. The number of hydrogen-bond acceptors (Lipinski definition) is 4. The number of hydrogen-bond donors (Lipinski definition) is 1. The van der Waals surface area contributed by atoms with Crippen LogP contribution in [0.15, 0.2) is 18.2 Å². The van der Waals surface area contributed by atoms with Gasteiger partial charge in [-0.1, -0.05) is 6.07 Å². The van der Waals surface area contributed by atoms with E-state index in [1.807, 2.05) is 0 Å². The highest BCUT2D eigenvalue weighted by Crippen LogP contribution is 2.32. The predicted molar refractivity (Wildman–Crippen MR) is 69.8 cm³/mol. The van der Waals surface area contributed by atoms with Gasteiger partial charge in [0.25, 0.3) is 0 Å². The van der Waals surface area contributed by atoms with Crippen molar-refractivity contribution < 1.29 is 35.7 Å². The number of fused-ring (bicyclic) bond motifs is 1. The molecule has 122 valence electrons. The second-order valence-corrected chi connectivity index (χ2v) is 6.66. The maximum Gasteiger partial charge on any atom is 0.534 e. The molecule has 0 aromatic heterocycles. The largest absolute Gasteiger partial charge is 0.534 e. The number of aryl methyl sites for hydroxylation is 1. The number of carboxylic acids is 1. The van der Waals surface area contributed by atoms with E-state index in [4.69, 9.17) is 5.11 Å². The van der Waals surface area contributed by atoms with Crippen LogP contribution in [0.3, 0.4) is 0 Å². The molecule has 9 heteroatoms. The highest BCUT2D eigenvalue weighted by atomic mass is 32.2. The molecule has 0 spiro atoms. The summed E-state index contributed by atoms with van der Waals surface area (Å²) < 4.78 is 62.8. The molecule has 0 heterocycles. The van der Waals surface area contributed by atoms with Crippen LogP contribution in [0.4, 0.5) is 13.2 Å². The highest BCUT2D eigenvalue weighted by molar-refractivity contribution is 7.88. The van der Waals surface area contributed by atoms with Crippen LogP contribution in [0.25, 0.3) is 0 Å². The molecule has 0 bridgehead atoms. The summed E-state index contributed by atoms with van der Waals surface area (Å²) in [6.07, 6.45) is 1.57. The summed E-state index contributed by atoms with van der Waals surface area (Å²) in [5.74, 6) is -1.33. The molecular formula is C13H13F3O5S. The van der Waals surface area contributed by atoms with E-state index in [1.54, 1.807) is 0 Å². The van der Waals surface area contributed by atoms with Gasteiger partial charge in [0, 0.05) is 6.42 Å². The molecule has 2 rings (SSSR count). The molecular weight excluding hydrogens is 325 g/mol. The predicted octanol–water partition coefficient (Wildman–Crippen LogP) is 2.49. The fraction of sp³-hybridized carbons (Fsp3) is 0.462. The Morgan fingerprint density at radius 3 is 2.59 bits per heavy atom. The van der Waals surface area contributed by atoms with Crippen molar-refractivity contribution in [2.45, 2.75) is 31.2 Å². The second kappa shape index (κ2) is 5.79. The molecule has 22 heavy (non-hydrogen) atoms. The third-order valence-corrected chi connectivity index (χ3v) is 4.44. The third-order valence-electron chi connectivity index (χ3n) is 3.46. The quantitative estimate of drug-likeness (QED) is 0.674. The molecule has 1 atom stereocenters. The first-order chi connectivity index (χ1) is 10.1. The maximum atomic E-state index is 12.3. The van der Waals surface area contributed by atoms with Crippen LogP contribution in [0.2, 0.25) is 0 Å². The fourth-order valence-corrected chi connectivity index (χ4v) is 2.91. The number of aliphatic carboxylic acids is 1. The van der Waals surface area contributed by atoms with E-state index in [2.05, 4.69) is 4.18 Å². The lowest BCUT2D eigenvalue weighted by Gasteiger charge is -2.23. The number of alkyl halides is 3. The molecule has 0 aliphatic heterocycles. The smallest absolute Gasteiger partial charge is 0.481 e. The van der Waals surface area contributed by atoms with Gasteiger partial charge in [-0.25, -0.2) is 0 Å². The van der Waals surface area contributed by atoms with Gasteiger partial charge in [0.1, 0.15) is 5.75 Å². The van der Waals surface area contributed by atoms with Crippen LogP contribution in [0, 0.1) is 5.92 Å². The standard InChI is InChI=1S/C13H13F3O5S/c14-13(15,16)22(19,20)21-11-4-3-9-5-8(6-12(17)18)1-2-10(9)7-11/h3-4,7-8H,1-2,5-6H2,(H,17,18). The van der Waals surface area contributed by atoms with Crippen LogP contribution < -0.4 is 4.18 Å². The van der Waals surface area contributed by atoms with Gasteiger partial charge >= 0.3 is 21.6 Å². The Balaban J connectivity index is 2.16. The Labute approximate surface area is 124 Å². The molecule has 0 radical (unpaired) electrons. The molecule has 0 saturated carbocycles. The average Bonchev–Trinajstić information content (AvgIpc) is 2.36. The summed E-state index contributed by atoms with van der Waals surface area (Å²) in [6, 6.07) is 3.88. The Morgan fingerprint density at radius 1 is 1.32 bits per heavy atom. The van der Waals surface area contributed by atoms with Crippen LogP contribution in [-0.4, -0.2) is 25.0 Å². The van der Waals surface area contributed by atoms with Gasteiger partial charge in [0.05, 0.1) is 0 Å². The Kier molecular flexibility index (Phi) is 4.37. The summed E-state index contributed by atoms with van der Waals surface area (Å²) in [4.78, 5) is 10.7. The minimum Gasteiger partial charge on any atom is -0.481 e. The van der Waals surface area contributed by atoms with Crippen LogP contribution in [-0.2, 0) is 27.8 Å². The van der Waals surface area contributed by atoms with E-state index in [0.29, 0.717) is 24.8 Å². The normalized spacial score (nSPS) is 18.6. The fourth-order valence-electron chi connectivity index (χ4n) is 2.45. The lowest BCUT2D eigenvalue weighted by Crippen LogP contribution is -2.28. The number of rotatable bonds is 4. The first-order valence-electron chi connectivity index (χ1n) is 6.43. The van der Waals surface area contributed by atoms with Crippen molar-refractivity contribution in [2.75, 3.05) is 0 Å². The van der Waals surface area contributed by atoms with Gasteiger partial charge in [-0.15, -0.1) is 0 Å². The van der Waals surface area contributed by atoms with Crippen molar-refractivity contribution in [3.8, 4) is 5.75 Å². The van der Waals surface area contributed by atoms with E-state index in [9.17, 15) is 26.4 Å². The molecule has 1 aliphatic carbocycles. The zero-order chi connectivity index (χ0) is 16.5. The van der Waals surface area contributed by atoms with Crippen molar-refractivity contribution in [2.24, 2.45) is 5.92 Å².